The lowest BCUT2D eigenvalue weighted by Crippen LogP contribution is -2.28. The first kappa shape index (κ1) is 12.6. The first-order chi connectivity index (χ1) is 9.13. The zero-order valence-corrected chi connectivity index (χ0v) is 12.3. The second-order valence-corrected chi connectivity index (χ2v) is 6.25. The molecule has 2 aliphatic heterocycles. The number of hydrogen-bond acceptors (Lipinski definition) is 5. The maximum atomic E-state index is 12.3. The molecule has 6 heteroatoms. The number of thioether (sulfide) groups is 2. The van der Waals surface area contributed by atoms with Crippen LogP contribution in [0.1, 0.15) is 6.92 Å². The number of hydrogen-bond donors (Lipinski definition) is 1. The Morgan fingerprint density at radius 2 is 2.00 bits per heavy atom. The number of likely N-dealkylation sites (N-methyl/N-ethyl adjacent to an activating group) is 1. The van der Waals surface area contributed by atoms with Crippen LogP contribution in [0.4, 0.5) is 5.69 Å². The lowest BCUT2D eigenvalue weighted by molar-refractivity contribution is -0.122. The number of carbonyl (C=O) groups is 1. The minimum absolute atomic E-state index is 0.0559. The van der Waals surface area contributed by atoms with Gasteiger partial charge in [0.05, 0.1) is 10.7 Å². The molecule has 0 unspecified atom stereocenters. The maximum absolute atomic E-state index is 12.3. The summed E-state index contributed by atoms with van der Waals surface area (Å²) in [5, 5.41) is 9.11. The van der Waals surface area contributed by atoms with Crippen LogP contribution >= 0.6 is 23.5 Å². The fourth-order valence-corrected chi connectivity index (χ4v) is 4.40. The monoisotopic (exact) mass is 291 g/mol. The van der Waals surface area contributed by atoms with Gasteiger partial charge in [0.25, 0.3) is 5.91 Å². The summed E-state index contributed by atoms with van der Waals surface area (Å²) < 4.78 is 0. The molecule has 0 radical (unpaired) electrons. The minimum atomic E-state index is -0.0559. The van der Waals surface area contributed by atoms with Crippen LogP contribution in [0.15, 0.2) is 39.1 Å². The highest BCUT2D eigenvalue weighted by Gasteiger charge is 2.37. The number of carbonyl (C=O) groups excluding carboxylic acids is 1. The molecule has 1 N–H and O–H groups in total. The number of para-hydroxylation sites is 1. The van der Waals surface area contributed by atoms with E-state index in [1.165, 1.54) is 16.7 Å². The van der Waals surface area contributed by atoms with Gasteiger partial charge in [-0.2, -0.15) is 0 Å². The normalized spacial score (nSPS) is 22.4. The third-order valence-electron chi connectivity index (χ3n) is 3.13. The number of amidine groups is 1. The number of benzene rings is 1. The summed E-state index contributed by atoms with van der Waals surface area (Å²) in [6, 6.07) is 8.09. The molecule has 0 aliphatic carbocycles. The second-order valence-electron chi connectivity index (χ2n) is 4.22. The molecule has 0 atom stereocenters. The topological polar surface area (TPSA) is 47.4 Å². The Bertz CT molecular complexity index is 612. The summed E-state index contributed by atoms with van der Waals surface area (Å²) in [7, 11) is 1.97. The van der Waals surface area contributed by atoms with Gasteiger partial charge in [0.1, 0.15) is 4.91 Å². The van der Waals surface area contributed by atoms with E-state index in [0.717, 1.165) is 15.6 Å². The van der Waals surface area contributed by atoms with Crippen LogP contribution in [0.5, 0.6) is 0 Å². The summed E-state index contributed by atoms with van der Waals surface area (Å²) in [6.07, 6.45) is 0. The Morgan fingerprint density at radius 1 is 1.26 bits per heavy atom. The van der Waals surface area contributed by atoms with Gasteiger partial charge in [0.15, 0.2) is 5.17 Å². The SMILES string of the molecule is CCN1C(=N)S/C(=C2\Sc3ccccc3N2C)C1=O. The summed E-state index contributed by atoms with van der Waals surface area (Å²) in [5.41, 5.74) is 1.12. The number of amides is 1. The lowest BCUT2D eigenvalue weighted by Gasteiger charge is -2.15. The molecule has 0 bridgehead atoms. The second kappa shape index (κ2) is 4.61. The van der Waals surface area contributed by atoms with Gasteiger partial charge in [-0.15, -0.1) is 0 Å². The molecule has 1 aromatic carbocycles. The van der Waals surface area contributed by atoms with E-state index in [1.54, 1.807) is 11.8 Å². The van der Waals surface area contributed by atoms with E-state index in [2.05, 4.69) is 6.07 Å². The fourth-order valence-electron chi connectivity index (χ4n) is 2.13. The van der Waals surface area contributed by atoms with Gasteiger partial charge in [-0.05, 0) is 30.8 Å². The first-order valence-corrected chi connectivity index (χ1v) is 7.60. The van der Waals surface area contributed by atoms with Crippen LogP contribution < -0.4 is 4.90 Å². The molecular formula is C13H13N3OS2. The van der Waals surface area contributed by atoms with E-state index in [4.69, 9.17) is 5.41 Å². The van der Waals surface area contributed by atoms with Crippen molar-refractivity contribution in [3.05, 3.63) is 34.2 Å². The standard InChI is InChI=1S/C13H13N3OS2/c1-3-16-11(17)10(19-13(16)14)12-15(2)8-6-4-5-7-9(8)18-12/h4-7,14H,3H2,1-2H3/b12-10-,14-13?. The van der Waals surface area contributed by atoms with E-state index < -0.39 is 0 Å². The smallest absolute Gasteiger partial charge is 0.269 e. The first-order valence-electron chi connectivity index (χ1n) is 5.96. The van der Waals surface area contributed by atoms with Crippen molar-refractivity contribution < 1.29 is 4.79 Å². The average molecular weight is 291 g/mol. The largest absolute Gasteiger partial charge is 0.337 e. The molecular weight excluding hydrogens is 278 g/mol. The molecule has 0 spiro atoms. The number of fused-ring (bicyclic) bond motifs is 1. The third kappa shape index (κ3) is 1.86. The van der Waals surface area contributed by atoms with Crippen LogP contribution in [0.2, 0.25) is 0 Å². The highest BCUT2D eigenvalue weighted by atomic mass is 32.2. The van der Waals surface area contributed by atoms with Crippen molar-refractivity contribution >= 4 is 40.3 Å². The number of anilines is 1. The number of rotatable bonds is 1. The van der Waals surface area contributed by atoms with Crippen molar-refractivity contribution in [3.8, 4) is 0 Å². The Labute approximate surface area is 120 Å². The van der Waals surface area contributed by atoms with Crippen LogP contribution in [0.3, 0.4) is 0 Å². The molecule has 2 aliphatic rings. The molecule has 3 rings (SSSR count). The van der Waals surface area contributed by atoms with Crippen LogP contribution in [0, 0.1) is 5.41 Å². The maximum Gasteiger partial charge on any atom is 0.269 e. The van der Waals surface area contributed by atoms with Gasteiger partial charge >= 0.3 is 0 Å². The molecule has 98 valence electrons. The molecule has 0 saturated carbocycles. The predicted molar refractivity (Wildman–Crippen MR) is 80.4 cm³/mol. The van der Waals surface area contributed by atoms with Gasteiger partial charge in [0.2, 0.25) is 0 Å². The van der Waals surface area contributed by atoms with Crippen LogP contribution in [-0.2, 0) is 4.79 Å². The third-order valence-corrected chi connectivity index (χ3v) is 5.48. The minimum Gasteiger partial charge on any atom is -0.337 e. The van der Waals surface area contributed by atoms with Crippen molar-refractivity contribution in [1.82, 2.24) is 4.90 Å². The highest BCUT2D eigenvalue weighted by Crippen LogP contribution is 2.49. The van der Waals surface area contributed by atoms with Crippen molar-refractivity contribution in [2.24, 2.45) is 0 Å². The summed E-state index contributed by atoms with van der Waals surface area (Å²) in [6.45, 7) is 2.43. The zero-order valence-electron chi connectivity index (χ0n) is 10.6. The van der Waals surface area contributed by atoms with Gasteiger partial charge < -0.3 is 4.90 Å². The molecule has 2 heterocycles. The van der Waals surface area contributed by atoms with E-state index >= 15 is 0 Å². The average Bonchev–Trinajstić information content (AvgIpc) is 2.88. The fraction of sp³-hybridized carbons (Fsp3) is 0.231. The molecule has 1 amide bonds. The Balaban J connectivity index is 2.03. The van der Waals surface area contributed by atoms with Gasteiger partial charge in [-0.3, -0.25) is 15.1 Å². The summed E-state index contributed by atoms with van der Waals surface area (Å²) in [5.74, 6) is -0.0559. The zero-order chi connectivity index (χ0) is 13.6. The van der Waals surface area contributed by atoms with Crippen molar-refractivity contribution in [2.75, 3.05) is 18.5 Å². The van der Waals surface area contributed by atoms with Gasteiger partial charge in [-0.1, -0.05) is 23.9 Å². The molecule has 1 saturated heterocycles. The number of nitrogens with one attached hydrogen (secondary N) is 1. The van der Waals surface area contributed by atoms with E-state index in [0.29, 0.717) is 16.6 Å². The molecule has 19 heavy (non-hydrogen) atoms. The molecule has 4 nitrogen and oxygen atoms in total. The molecule has 1 aromatic rings. The van der Waals surface area contributed by atoms with E-state index in [-0.39, 0.29) is 5.91 Å². The van der Waals surface area contributed by atoms with E-state index in [1.807, 2.05) is 37.1 Å². The molecule has 1 fully saturated rings. The molecule has 0 aromatic heterocycles. The summed E-state index contributed by atoms with van der Waals surface area (Å²) in [4.78, 5) is 17.7. The lowest BCUT2D eigenvalue weighted by atomic mass is 10.3. The highest BCUT2D eigenvalue weighted by molar-refractivity contribution is 8.19. The van der Waals surface area contributed by atoms with Crippen molar-refractivity contribution in [1.29, 1.82) is 5.41 Å². The van der Waals surface area contributed by atoms with Gasteiger partial charge in [-0.25, -0.2) is 0 Å². The Kier molecular flexibility index (Phi) is 3.06. The van der Waals surface area contributed by atoms with Crippen LogP contribution in [0.25, 0.3) is 0 Å². The number of nitrogens with zero attached hydrogens (tertiary/aromatic N) is 2. The quantitative estimate of drug-likeness (QED) is 0.808. The van der Waals surface area contributed by atoms with Crippen molar-refractivity contribution in [3.63, 3.8) is 0 Å². The van der Waals surface area contributed by atoms with Crippen molar-refractivity contribution in [2.45, 2.75) is 11.8 Å². The predicted octanol–water partition coefficient (Wildman–Crippen LogP) is 2.93. The van der Waals surface area contributed by atoms with Gasteiger partial charge in [0, 0.05) is 18.5 Å². The van der Waals surface area contributed by atoms with Crippen LogP contribution in [-0.4, -0.2) is 29.6 Å². The van der Waals surface area contributed by atoms with E-state index in [9.17, 15) is 4.79 Å². The Hall–Kier alpha value is -1.40. The Morgan fingerprint density at radius 3 is 2.63 bits per heavy atom. The summed E-state index contributed by atoms with van der Waals surface area (Å²) >= 11 is 2.86.